The van der Waals surface area contributed by atoms with E-state index >= 15 is 0 Å². The van der Waals surface area contributed by atoms with E-state index in [0.717, 1.165) is 24.2 Å². The van der Waals surface area contributed by atoms with E-state index in [1.807, 2.05) is 24.3 Å². The molecule has 0 heterocycles. The first-order chi connectivity index (χ1) is 9.69. The summed E-state index contributed by atoms with van der Waals surface area (Å²) in [6.45, 7) is -0.301. The van der Waals surface area contributed by atoms with Crippen LogP contribution in [0.4, 0.5) is 8.78 Å². The molecule has 3 N–H and O–H groups in total. The van der Waals surface area contributed by atoms with Gasteiger partial charge in [-0.1, -0.05) is 12.1 Å². The SMILES string of the molecule is NNC(CCOCC(F)F)c1ccc(OC2CC2)cc1. The van der Waals surface area contributed by atoms with Crippen molar-refractivity contribution in [1.82, 2.24) is 5.43 Å². The number of hydrogen-bond donors (Lipinski definition) is 2. The molecule has 112 valence electrons. The average molecular weight is 286 g/mol. The van der Waals surface area contributed by atoms with Gasteiger partial charge in [-0.15, -0.1) is 0 Å². The van der Waals surface area contributed by atoms with Crippen LogP contribution in [-0.4, -0.2) is 25.7 Å². The summed E-state index contributed by atoms with van der Waals surface area (Å²) < 4.78 is 34.4. The molecule has 2 rings (SSSR count). The summed E-state index contributed by atoms with van der Waals surface area (Å²) in [6.07, 6.45) is 0.712. The molecule has 6 heteroatoms. The Bertz CT molecular complexity index is 397. The van der Waals surface area contributed by atoms with Crippen molar-refractivity contribution < 1.29 is 18.3 Å². The minimum Gasteiger partial charge on any atom is -0.490 e. The van der Waals surface area contributed by atoms with Gasteiger partial charge in [-0.2, -0.15) is 0 Å². The van der Waals surface area contributed by atoms with Crippen molar-refractivity contribution >= 4 is 0 Å². The van der Waals surface area contributed by atoms with Crippen LogP contribution >= 0.6 is 0 Å². The Kier molecular flexibility index (Phi) is 5.70. The predicted octanol–water partition coefficient (Wildman–Crippen LogP) is 2.40. The number of halogens is 2. The number of rotatable bonds is 9. The molecule has 1 aromatic carbocycles. The third-order valence-electron chi connectivity index (χ3n) is 3.11. The first-order valence-corrected chi connectivity index (χ1v) is 6.77. The summed E-state index contributed by atoms with van der Waals surface area (Å²) in [4.78, 5) is 0. The quantitative estimate of drug-likeness (QED) is 0.416. The van der Waals surface area contributed by atoms with Crippen molar-refractivity contribution in [2.45, 2.75) is 37.8 Å². The molecule has 0 radical (unpaired) electrons. The topological polar surface area (TPSA) is 56.5 Å². The molecule has 1 aliphatic carbocycles. The largest absolute Gasteiger partial charge is 0.490 e. The summed E-state index contributed by atoms with van der Waals surface area (Å²) in [5, 5.41) is 0. The summed E-state index contributed by atoms with van der Waals surface area (Å²) in [5.74, 6) is 6.34. The van der Waals surface area contributed by atoms with Crippen LogP contribution in [0.1, 0.15) is 30.9 Å². The van der Waals surface area contributed by atoms with E-state index in [1.54, 1.807) is 0 Å². The smallest absolute Gasteiger partial charge is 0.261 e. The monoisotopic (exact) mass is 286 g/mol. The number of nitrogens with one attached hydrogen (secondary N) is 1. The predicted molar refractivity (Wildman–Crippen MR) is 71.6 cm³/mol. The van der Waals surface area contributed by atoms with E-state index in [1.165, 1.54) is 0 Å². The number of nitrogens with two attached hydrogens (primary N) is 1. The fourth-order valence-corrected chi connectivity index (χ4v) is 1.88. The highest BCUT2D eigenvalue weighted by Gasteiger charge is 2.23. The Balaban J connectivity index is 1.79. The molecule has 4 nitrogen and oxygen atoms in total. The molecule has 0 aromatic heterocycles. The highest BCUT2D eigenvalue weighted by Crippen LogP contribution is 2.27. The van der Waals surface area contributed by atoms with Crippen LogP contribution in [-0.2, 0) is 4.74 Å². The third-order valence-corrected chi connectivity index (χ3v) is 3.11. The molecule has 1 atom stereocenters. The first-order valence-electron chi connectivity index (χ1n) is 6.77. The molecule has 1 fully saturated rings. The molecule has 0 bridgehead atoms. The molecule has 1 aromatic rings. The number of benzene rings is 1. The van der Waals surface area contributed by atoms with Gasteiger partial charge >= 0.3 is 0 Å². The summed E-state index contributed by atoms with van der Waals surface area (Å²) in [5.41, 5.74) is 3.65. The van der Waals surface area contributed by atoms with Gasteiger partial charge in [-0.25, -0.2) is 8.78 Å². The molecule has 1 unspecified atom stereocenters. The Hall–Kier alpha value is -1.24. The van der Waals surface area contributed by atoms with Gasteiger partial charge in [-0.3, -0.25) is 11.3 Å². The minimum absolute atomic E-state index is 0.123. The van der Waals surface area contributed by atoms with Crippen LogP contribution in [0.2, 0.25) is 0 Å². The second-order valence-electron chi connectivity index (χ2n) is 4.86. The van der Waals surface area contributed by atoms with Gasteiger partial charge in [0.05, 0.1) is 6.10 Å². The molecule has 0 aliphatic heterocycles. The number of ether oxygens (including phenoxy) is 2. The summed E-state index contributed by atoms with van der Waals surface area (Å²) in [6, 6.07) is 7.53. The van der Waals surface area contributed by atoms with E-state index < -0.39 is 13.0 Å². The molecule has 20 heavy (non-hydrogen) atoms. The van der Waals surface area contributed by atoms with Gasteiger partial charge in [0, 0.05) is 12.6 Å². The lowest BCUT2D eigenvalue weighted by Gasteiger charge is -2.17. The average Bonchev–Trinajstić information content (AvgIpc) is 3.24. The zero-order valence-corrected chi connectivity index (χ0v) is 11.2. The van der Waals surface area contributed by atoms with Gasteiger partial charge in [0.15, 0.2) is 0 Å². The number of alkyl halides is 2. The van der Waals surface area contributed by atoms with Gasteiger partial charge in [0.1, 0.15) is 12.4 Å². The van der Waals surface area contributed by atoms with Crippen molar-refractivity contribution in [2.24, 2.45) is 5.84 Å². The van der Waals surface area contributed by atoms with E-state index in [2.05, 4.69) is 5.43 Å². The van der Waals surface area contributed by atoms with Gasteiger partial charge < -0.3 is 9.47 Å². The first kappa shape index (κ1) is 15.2. The normalized spacial score (nSPS) is 16.4. The van der Waals surface area contributed by atoms with Gasteiger partial charge in [0.25, 0.3) is 6.43 Å². The van der Waals surface area contributed by atoms with Crippen LogP contribution in [0, 0.1) is 0 Å². The van der Waals surface area contributed by atoms with Crippen LogP contribution < -0.4 is 16.0 Å². The van der Waals surface area contributed by atoms with E-state index in [0.29, 0.717) is 12.5 Å². The lowest BCUT2D eigenvalue weighted by atomic mass is 10.0. The molecular formula is C14H20F2N2O2. The molecule has 1 aliphatic rings. The minimum atomic E-state index is -2.43. The lowest BCUT2D eigenvalue weighted by Crippen LogP contribution is -2.29. The fraction of sp³-hybridized carbons (Fsp3) is 0.571. The van der Waals surface area contributed by atoms with Crippen molar-refractivity contribution in [2.75, 3.05) is 13.2 Å². The van der Waals surface area contributed by atoms with Crippen LogP contribution in [0.5, 0.6) is 5.75 Å². The standard InChI is InChI=1S/C14H20F2N2O2/c15-14(16)9-19-8-7-13(18-17)10-1-3-11(4-2-10)20-12-5-6-12/h1-4,12-14,18H,5-9,17H2. The number of hydrazine groups is 1. The lowest BCUT2D eigenvalue weighted by molar-refractivity contribution is 0.0143. The third kappa shape index (κ3) is 5.03. The Labute approximate surface area is 117 Å². The van der Waals surface area contributed by atoms with Crippen LogP contribution in [0.25, 0.3) is 0 Å². The molecule has 1 saturated carbocycles. The Morgan fingerprint density at radius 3 is 2.50 bits per heavy atom. The highest BCUT2D eigenvalue weighted by atomic mass is 19.3. The maximum absolute atomic E-state index is 11.9. The van der Waals surface area contributed by atoms with E-state index in [4.69, 9.17) is 15.3 Å². The Morgan fingerprint density at radius 1 is 1.25 bits per heavy atom. The van der Waals surface area contributed by atoms with Crippen molar-refractivity contribution in [1.29, 1.82) is 0 Å². The molecule has 0 saturated heterocycles. The van der Waals surface area contributed by atoms with Crippen molar-refractivity contribution in [3.05, 3.63) is 29.8 Å². The summed E-state index contributed by atoms with van der Waals surface area (Å²) in [7, 11) is 0. The van der Waals surface area contributed by atoms with Gasteiger partial charge in [0.2, 0.25) is 0 Å². The maximum Gasteiger partial charge on any atom is 0.261 e. The molecular weight excluding hydrogens is 266 g/mol. The van der Waals surface area contributed by atoms with E-state index in [9.17, 15) is 8.78 Å². The summed E-state index contributed by atoms with van der Waals surface area (Å²) >= 11 is 0. The van der Waals surface area contributed by atoms with Crippen LogP contribution in [0.15, 0.2) is 24.3 Å². The molecule has 0 amide bonds. The van der Waals surface area contributed by atoms with Crippen molar-refractivity contribution in [3.8, 4) is 5.75 Å². The number of hydrogen-bond acceptors (Lipinski definition) is 4. The molecule has 0 spiro atoms. The Morgan fingerprint density at radius 2 is 1.95 bits per heavy atom. The second-order valence-corrected chi connectivity index (χ2v) is 4.86. The van der Waals surface area contributed by atoms with Crippen molar-refractivity contribution in [3.63, 3.8) is 0 Å². The fourth-order valence-electron chi connectivity index (χ4n) is 1.88. The van der Waals surface area contributed by atoms with E-state index in [-0.39, 0.29) is 12.6 Å². The zero-order valence-electron chi connectivity index (χ0n) is 11.2. The maximum atomic E-state index is 11.9. The highest BCUT2D eigenvalue weighted by molar-refractivity contribution is 5.29. The van der Waals surface area contributed by atoms with Crippen LogP contribution in [0.3, 0.4) is 0 Å². The second kappa shape index (κ2) is 7.52. The van der Waals surface area contributed by atoms with Gasteiger partial charge in [-0.05, 0) is 37.0 Å². The zero-order chi connectivity index (χ0) is 14.4.